The third-order valence-electron chi connectivity index (χ3n) is 4.82. The molecule has 110 valence electrons. The lowest BCUT2D eigenvalue weighted by molar-refractivity contribution is -0.0307. The van der Waals surface area contributed by atoms with Gasteiger partial charge in [-0.25, -0.2) is 0 Å². The van der Waals surface area contributed by atoms with E-state index in [2.05, 4.69) is 47.2 Å². The third-order valence-corrected chi connectivity index (χ3v) is 6.07. The summed E-state index contributed by atoms with van der Waals surface area (Å²) in [6, 6.07) is 4.41. The normalized spacial score (nSPS) is 24.4. The summed E-state index contributed by atoms with van der Waals surface area (Å²) in [5.74, 6) is 0. The lowest BCUT2D eigenvalue weighted by Gasteiger charge is -2.24. The Balaban J connectivity index is 1.58. The van der Waals surface area contributed by atoms with Crippen molar-refractivity contribution in [1.82, 2.24) is 0 Å². The van der Waals surface area contributed by atoms with E-state index in [9.17, 15) is 0 Å². The molecule has 2 fully saturated rings. The molecule has 1 N–H and O–H groups in total. The van der Waals surface area contributed by atoms with Crippen LogP contribution in [-0.2, 0) is 4.74 Å². The molecule has 20 heavy (non-hydrogen) atoms. The van der Waals surface area contributed by atoms with Gasteiger partial charge in [0.1, 0.15) is 0 Å². The van der Waals surface area contributed by atoms with Crippen molar-refractivity contribution < 1.29 is 4.74 Å². The van der Waals surface area contributed by atoms with E-state index in [1.165, 1.54) is 59.8 Å². The van der Waals surface area contributed by atoms with Crippen LogP contribution < -0.4 is 5.32 Å². The van der Waals surface area contributed by atoms with Crippen LogP contribution in [0.2, 0.25) is 0 Å². The molecular weight excluding hydrogens is 314 g/mol. The number of ether oxygens (including phenoxy) is 1. The molecule has 3 rings (SSSR count). The minimum atomic E-state index is 0.248. The highest BCUT2D eigenvalue weighted by molar-refractivity contribution is 9.10. The first-order valence-corrected chi connectivity index (χ1v) is 8.56. The fraction of sp³-hybridized carbons (Fsp3) is 0.647. The van der Waals surface area contributed by atoms with E-state index in [1.807, 2.05) is 0 Å². The van der Waals surface area contributed by atoms with E-state index < -0.39 is 0 Å². The van der Waals surface area contributed by atoms with E-state index in [0.29, 0.717) is 6.10 Å². The predicted molar refractivity (Wildman–Crippen MR) is 87.4 cm³/mol. The summed E-state index contributed by atoms with van der Waals surface area (Å²) in [5, 5.41) is 3.56. The molecule has 1 aliphatic heterocycles. The van der Waals surface area contributed by atoms with Gasteiger partial charge in [-0.3, -0.25) is 0 Å². The van der Waals surface area contributed by atoms with Crippen molar-refractivity contribution in [2.45, 2.75) is 64.1 Å². The SMILES string of the molecule is Cc1cc(NCC2CCC3(CCCC3)O2)cc(C)c1Br. The Labute approximate surface area is 130 Å². The minimum absolute atomic E-state index is 0.248. The Morgan fingerprint density at radius 1 is 1.20 bits per heavy atom. The van der Waals surface area contributed by atoms with E-state index in [4.69, 9.17) is 4.74 Å². The summed E-state index contributed by atoms with van der Waals surface area (Å²) in [4.78, 5) is 0. The van der Waals surface area contributed by atoms with Gasteiger partial charge < -0.3 is 10.1 Å². The van der Waals surface area contributed by atoms with Gasteiger partial charge in [0, 0.05) is 16.7 Å². The zero-order valence-electron chi connectivity index (χ0n) is 12.5. The Hall–Kier alpha value is -0.540. The summed E-state index contributed by atoms with van der Waals surface area (Å²) in [5.41, 5.74) is 4.02. The highest BCUT2D eigenvalue weighted by Gasteiger charge is 2.41. The molecule has 1 spiro atoms. The molecule has 0 bridgehead atoms. The maximum absolute atomic E-state index is 6.34. The molecule has 2 nitrogen and oxygen atoms in total. The van der Waals surface area contributed by atoms with Crippen molar-refractivity contribution in [3.05, 3.63) is 27.7 Å². The number of benzene rings is 1. The maximum Gasteiger partial charge on any atom is 0.0756 e. The van der Waals surface area contributed by atoms with Gasteiger partial charge in [-0.15, -0.1) is 0 Å². The lowest BCUT2D eigenvalue weighted by atomic mass is 9.98. The van der Waals surface area contributed by atoms with E-state index in [0.717, 1.165) is 6.54 Å². The smallest absolute Gasteiger partial charge is 0.0756 e. The fourth-order valence-electron chi connectivity index (χ4n) is 3.71. The Bertz CT molecular complexity index is 471. The van der Waals surface area contributed by atoms with Crippen LogP contribution in [0.15, 0.2) is 16.6 Å². The monoisotopic (exact) mass is 337 g/mol. The quantitative estimate of drug-likeness (QED) is 0.840. The highest BCUT2D eigenvalue weighted by atomic mass is 79.9. The van der Waals surface area contributed by atoms with Gasteiger partial charge in [0.15, 0.2) is 0 Å². The number of hydrogen-bond acceptors (Lipinski definition) is 2. The fourth-order valence-corrected chi connectivity index (χ4v) is 3.93. The van der Waals surface area contributed by atoms with Gasteiger partial charge in [-0.2, -0.15) is 0 Å². The molecule has 3 heteroatoms. The molecule has 1 unspecified atom stereocenters. The van der Waals surface area contributed by atoms with Crippen LogP contribution in [0.3, 0.4) is 0 Å². The number of anilines is 1. The Morgan fingerprint density at radius 2 is 1.85 bits per heavy atom. The summed E-state index contributed by atoms with van der Waals surface area (Å²) >= 11 is 3.62. The van der Waals surface area contributed by atoms with Crippen LogP contribution in [-0.4, -0.2) is 18.2 Å². The number of rotatable bonds is 3. The van der Waals surface area contributed by atoms with Gasteiger partial charge >= 0.3 is 0 Å². The lowest BCUT2D eigenvalue weighted by Crippen LogP contribution is -2.27. The van der Waals surface area contributed by atoms with Gasteiger partial charge in [-0.1, -0.05) is 28.8 Å². The summed E-state index contributed by atoms with van der Waals surface area (Å²) in [6.45, 7) is 5.21. The molecule has 1 aromatic carbocycles. The summed E-state index contributed by atoms with van der Waals surface area (Å²) in [7, 11) is 0. The van der Waals surface area contributed by atoms with Crippen molar-refractivity contribution in [1.29, 1.82) is 0 Å². The molecule has 0 amide bonds. The predicted octanol–water partition coefficient (Wildman–Crippen LogP) is 4.97. The molecule has 1 heterocycles. The Kier molecular flexibility index (Phi) is 4.09. The number of nitrogens with one attached hydrogen (secondary N) is 1. The van der Waals surface area contributed by atoms with Crippen molar-refractivity contribution >= 4 is 21.6 Å². The molecule has 1 aliphatic carbocycles. The van der Waals surface area contributed by atoms with Crippen LogP contribution in [0.25, 0.3) is 0 Å². The average molecular weight is 338 g/mol. The second kappa shape index (κ2) is 5.69. The molecule has 1 saturated carbocycles. The number of aryl methyl sites for hydroxylation is 2. The molecule has 0 aromatic heterocycles. The van der Waals surface area contributed by atoms with E-state index in [1.54, 1.807) is 0 Å². The molecule has 1 saturated heterocycles. The minimum Gasteiger partial charge on any atom is -0.382 e. The van der Waals surface area contributed by atoms with Crippen LogP contribution in [0.4, 0.5) is 5.69 Å². The van der Waals surface area contributed by atoms with Gasteiger partial charge in [0.2, 0.25) is 0 Å². The zero-order valence-corrected chi connectivity index (χ0v) is 14.1. The second-order valence-corrected chi connectivity index (χ2v) is 7.27. The zero-order chi connectivity index (χ0) is 14.2. The van der Waals surface area contributed by atoms with Crippen LogP contribution >= 0.6 is 15.9 Å². The standard InChI is InChI=1S/C17H24BrNO/c1-12-9-14(10-13(2)16(12)18)19-11-15-5-8-17(20-15)6-3-4-7-17/h9-10,15,19H,3-8,11H2,1-2H3. The number of halogens is 1. The first-order valence-electron chi connectivity index (χ1n) is 7.76. The van der Waals surface area contributed by atoms with E-state index >= 15 is 0 Å². The summed E-state index contributed by atoms with van der Waals surface area (Å²) < 4.78 is 7.56. The van der Waals surface area contributed by atoms with Gasteiger partial charge in [0.05, 0.1) is 11.7 Å². The first-order chi connectivity index (χ1) is 9.58. The van der Waals surface area contributed by atoms with E-state index in [-0.39, 0.29) is 5.60 Å². The molecule has 1 aromatic rings. The molecular formula is C17H24BrNO. The highest BCUT2D eigenvalue weighted by Crippen LogP contribution is 2.43. The van der Waals surface area contributed by atoms with Crippen molar-refractivity contribution in [2.24, 2.45) is 0 Å². The largest absolute Gasteiger partial charge is 0.382 e. The summed E-state index contributed by atoms with van der Waals surface area (Å²) in [6.07, 6.45) is 8.12. The van der Waals surface area contributed by atoms with Crippen LogP contribution in [0.5, 0.6) is 0 Å². The number of hydrogen-bond donors (Lipinski definition) is 1. The Morgan fingerprint density at radius 3 is 2.50 bits per heavy atom. The maximum atomic E-state index is 6.34. The van der Waals surface area contributed by atoms with Crippen molar-refractivity contribution in [2.75, 3.05) is 11.9 Å². The molecule has 1 atom stereocenters. The van der Waals surface area contributed by atoms with Crippen LogP contribution in [0.1, 0.15) is 49.7 Å². The van der Waals surface area contributed by atoms with Gasteiger partial charge in [0.25, 0.3) is 0 Å². The average Bonchev–Trinajstić information content (AvgIpc) is 3.04. The van der Waals surface area contributed by atoms with Crippen molar-refractivity contribution in [3.8, 4) is 0 Å². The van der Waals surface area contributed by atoms with Crippen LogP contribution in [0, 0.1) is 13.8 Å². The topological polar surface area (TPSA) is 21.3 Å². The first kappa shape index (κ1) is 14.4. The van der Waals surface area contributed by atoms with Gasteiger partial charge in [-0.05, 0) is 62.8 Å². The third kappa shape index (κ3) is 2.89. The molecule has 0 radical (unpaired) electrons. The molecule has 2 aliphatic rings. The second-order valence-electron chi connectivity index (χ2n) is 6.47. The van der Waals surface area contributed by atoms with Crippen molar-refractivity contribution in [3.63, 3.8) is 0 Å².